The number of hydrogen-bond donors (Lipinski definition) is 2. The highest BCUT2D eigenvalue weighted by Gasteiger charge is 2.34. The zero-order chi connectivity index (χ0) is 15.8. The molecule has 122 valence electrons. The van der Waals surface area contributed by atoms with Crippen LogP contribution in [0, 0.1) is 0 Å². The van der Waals surface area contributed by atoms with E-state index >= 15 is 0 Å². The lowest BCUT2D eigenvalue weighted by atomic mass is 10.1. The van der Waals surface area contributed by atoms with E-state index < -0.39 is 0 Å². The Morgan fingerprint density at radius 1 is 1.36 bits per heavy atom. The third-order valence-electron chi connectivity index (χ3n) is 3.94. The Morgan fingerprint density at radius 3 is 2.68 bits per heavy atom. The van der Waals surface area contributed by atoms with Gasteiger partial charge in [0.2, 0.25) is 0 Å². The maximum Gasteiger partial charge on any atom is 0.188 e. The van der Waals surface area contributed by atoms with E-state index in [2.05, 4.69) is 40.6 Å². The van der Waals surface area contributed by atoms with Gasteiger partial charge in [-0.3, -0.25) is 4.99 Å². The van der Waals surface area contributed by atoms with E-state index in [1.54, 1.807) is 7.11 Å². The molecular formula is C17H27N3OS. The Hall–Kier alpha value is -1.20. The number of nitrogens with one attached hydrogen (secondary N) is 1. The second-order valence-electron chi connectivity index (χ2n) is 6.01. The van der Waals surface area contributed by atoms with E-state index in [9.17, 15) is 0 Å². The predicted octanol–water partition coefficient (Wildman–Crippen LogP) is 3.03. The summed E-state index contributed by atoms with van der Waals surface area (Å²) in [4.78, 5) is 5.92. The maximum absolute atomic E-state index is 6.01. The molecule has 22 heavy (non-hydrogen) atoms. The first-order chi connectivity index (χ1) is 10.6. The van der Waals surface area contributed by atoms with E-state index in [0.29, 0.717) is 12.6 Å². The molecule has 3 N–H and O–H groups in total. The van der Waals surface area contributed by atoms with Crippen molar-refractivity contribution >= 4 is 17.7 Å². The Morgan fingerprint density at radius 2 is 2.05 bits per heavy atom. The van der Waals surface area contributed by atoms with Crippen LogP contribution in [0.15, 0.2) is 40.2 Å². The van der Waals surface area contributed by atoms with Gasteiger partial charge in [0.05, 0.1) is 13.2 Å². The van der Waals surface area contributed by atoms with Crippen LogP contribution >= 0.6 is 11.8 Å². The fourth-order valence-electron chi connectivity index (χ4n) is 2.87. The molecule has 1 aliphatic rings. The van der Waals surface area contributed by atoms with E-state index in [1.807, 2.05) is 18.7 Å². The molecule has 4 nitrogen and oxygen atoms in total. The number of thioether (sulfide) groups is 1. The second kappa shape index (κ2) is 8.44. The van der Waals surface area contributed by atoms with Crippen molar-refractivity contribution < 1.29 is 4.74 Å². The van der Waals surface area contributed by atoms with Gasteiger partial charge in [0.25, 0.3) is 0 Å². The highest BCUT2D eigenvalue weighted by atomic mass is 32.2. The van der Waals surface area contributed by atoms with Crippen molar-refractivity contribution in [3.8, 4) is 0 Å². The van der Waals surface area contributed by atoms with Gasteiger partial charge in [-0.2, -0.15) is 0 Å². The lowest BCUT2D eigenvalue weighted by Crippen LogP contribution is -2.41. The molecule has 0 saturated heterocycles. The summed E-state index contributed by atoms with van der Waals surface area (Å²) in [5.74, 6) is 0.518. The third-order valence-corrected chi connectivity index (χ3v) is 5.42. The Kier molecular flexibility index (Phi) is 6.58. The van der Waals surface area contributed by atoms with Crippen molar-refractivity contribution in [3.05, 3.63) is 30.3 Å². The summed E-state index contributed by atoms with van der Waals surface area (Å²) < 4.78 is 5.30. The van der Waals surface area contributed by atoms with Crippen LogP contribution in [0.25, 0.3) is 0 Å². The molecule has 5 heteroatoms. The van der Waals surface area contributed by atoms with Crippen molar-refractivity contribution in [1.82, 2.24) is 5.32 Å². The normalized spacial score (nSPS) is 19.1. The number of guanidine groups is 1. The van der Waals surface area contributed by atoms with Gasteiger partial charge in [0.1, 0.15) is 0 Å². The molecule has 1 aromatic rings. The number of aliphatic imine (C=N–C) groups is 1. The van der Waals surface area contributed by atoms with Crippen molar-refractivity contribution in [1.29, 1.82) is 0 Å². The van der Waals surface area contributed by atoms with Gasteiger partial charge >= 0.3 is 0 Å². The van der Waals surface area contributed by atoms with Gasteiger partial charge in [-0.1, -0.05) is 31.0 Å². The molecule has 1 aromatic carbocycles. The predicted molar refractivity (Wildman–Crippen MR) is 94.5 cm³/mol. The van der Waals surface area contributed by atoms with Gasteiger partial charge < -0.3 is 15.8 Å². The van der Waals surface area contributed by atoms with Gasteiger partial charge in [-0.05, 0) is 31.9 Å². The van der Waals surface area contributed by atoms with Gasteiger partial charge in [-0.15, -0.1) is 11.8 Å². The number of rotatable bonds is 7. The molecule has 0 aromatic heterocycles. The number of nitrogens with two attached hydrogens (primary N) is 1. The second-order valence-corrected chi connectivity index (χ2v) is 7.55. The van der Waals surface area contributed by atoms with Crippen LogP contribution in [-0.4, -0.2) is 37.0 Å². The zero-order valence-corrected chi connectivity index (χ0v) is 14.4. The quantitative estimate of drug-likeness (QED) is 0.599. The number of ether oxygens (including phenoxy) is 1. The lowest BCUT2D eigenvalue weighted by molar-refractivity contribution is 0.179. The summed E-state index contributed by atoms with van der Waals surface area (Å²) in [6.45, 7) is 3.43. The highest BCUT2D eigenvalue weighted by molar-refractivity contribution is 8.00. The minimum absolute atomic E-state index is 0.176. The average Bonchev–Trinajstić information content (AvgIpc) is 2.95. The molecule has 1 atom stereocenters. The monoisotopic (exact) mass is 321 g/mol. The molecule has 1 saturated carbocycles. The Bertz CT molecular complexity index is 472. The zero-order valence-electron chi connectivity index (χ0n) is 13.5. The molecule has 0 bridgehead atoms. The first kappa shape index (κ1) is 17.2. The van der Waals surface area contributed by atoms with Crippen LogP contribution in [0.4, 0.5) is 0 Å². The fraction of sp³-hybridized carbons (Fsp3) is 0.588. The van der Waals surface area contributed by atoms with E-state index in [4.69, 9.17) is 10.5 Å². The molecule has 0 aliphatic heterocycles. The van der Waals surface area contributed by atoms with Crippen LogP contribution in [0.5, 0.6) is 0 Å². The molecule has 0 spiro atoms. The van der Waals surface area contributed by atoms with Crippen LogP contribution in [-0.2, 0) is 4.74 Å². The lowest BCUT2D eigenvalue weighted by Gasteiger charge is -2.27. The Labute approximate surface area is 137 Å². The summed E-state index contributed by atoms with van der Waals surface area (Å²) in [5.41, 5.74) is 6.01. The number of methoxy groups -OCH3 is 1. The topological polar surface area (TPSA) is 59.6 Å². The van der Waals surface area contributed by atoms with E-state index in [0.717, 1.165) is 6.54 Å². The first-order valence-electron chi connectivity index (χ1n) is 7.93. The minimum atomic E-state index is 0.176. The van der Waals surface area contributed by atoms with Crippen molar-refractivity contribution in [3.63, 3.8) is 0 Å². The Balaban J connectivity index is 1.96. The third kappa shape index (κ3) is 5.21. The molecule has 1 aliphatic carbocycles. The summed E-state index contributed by atoms with van der Waals surface area (Å²) in [6.07, 6.45) is 4.97. The smallest absolute Gasteiger partial charge is 0.188 e. The summed E-state index contributed by atoms with van der Waals surface area (Å²) >= 11 is 1.95. The van der Waals surface area contributed by atoms with Gasteiger partial charge in [-0.25, -0.2) is 0 Å². The first-order valence-corrected chi connectivity index (χ1v) is 8.75. The van der Waals surface area contributed by atoms with Crippen molar-refractivity contribution in [2.45, 2.75) is 48.3 Å². The average molecular weight is 321 g/mol. The maximum atomic E-state index is 6.01. The van der Waals surface area contributed by atoms with Crippen LogP contribution in [0.2, 0.25) is 0 Å². The van der Waals surface area contributed by atoms with Crippen LogP contribution in [0.1, 0.15) is 32.6 Å². The van der Waals surface area contributed by atoms with Gasteiger partial charge in [0.15, 0.2) is 5.96 Å². The fourth-order valence-corrected chi connectivity index (χ4v) is 4.28. The molecule has 2 rings (SSSR count). The van der Waals surface area contributed by atoms with E-state index in [-0.39, 0.29) is 10.8 Å². The number of hydrogen-bond acceptors (Lipinski definition) is 3. The molecular weight excluding hydrogens is 294 g/mol. The number of nitrogens with zero attached hydrogens (tertiary/aromatic N) is 1. The standard InChI is InChI=1S/C17H27N3OS/c1-14(12-21-2)20-16(18)19-13-17(10-6-7-11-17)22-15-8-4-3-5-9-15/h3-5,8-9,14H,6-7,10-13H2,1-2H3,(H3,18,19,20). The van der Waals surface area contributed by atoms with E-state index in [1.165, 1.54) is 30.6 Å². The minimum Gasteiger partial charge on any atom is -0.383 e. The van der Waals surface area contributed by atoms with Crippen molar-refractivity contribution in [2.24, 2.45) is 10.7 Å². The molecule has 1 fully saturated rings. The summed E-state index contributed by atoms with van der Waals surface area (Å²) in [6, 6.07) is 10.8. The molecule has 1 unspecified atom stereocenters. The van der Waals surface area contributed by atoms with Crippen molar-refractivity contribution in [2.75, 3.05) is 20.3 Å². The summed E-state index contributed by atoms with van der Waals surface area (Å²) in [5, 5.41) is 3.18. The molecule has 0 amide bonds. The number of benzene rings is 1. The largest absolute Gasteiger partial charge is 0.383 e. The SMILES string of the molecule is COCC(C)NC(N)=NCC1(Sc2ccccc2)CCCC1. The van der Waals surface area contributed by atoms with Crippen LogP contribution < -0.4 is 11.1 Å². The van der Waals surface area contributed by atoms with Crippen LogP contribution in [0.3, 0.4) is 0 Å². The molecule has 0 heterocycles. The molecule has 0 radical (unpaired) electrons. The highest BCUT2D eigenvalue weighted by Crippen LogP contribution is 2.45. The summed E-state index contributed by atoms with van der Waals surface area (Å²) in [7, 11) is 1.69. The van der Waals surface area contributed by atoms with Gasteiger partial charge in [0, 0.05) is 22.8 Å².